The molecule has 2 aromatic rings. The molecule has 1 aliphatic rings. The zero-order chi connectivity index (χ0) is 22.3. The number of anilines is 1. The van der Waals surface area contributed by atoms with Crippen molar-refractivity contribution in [2.24, 2.45) is 0 Å². The van der Waals surface area contributed by atoms with Gasteiger partial charge in [0.15, 0.2) is 5.65 Å². The smallest absolute Gasteiger partial charge is 0.410 e. The Kier molecular flexibility index (Phi) is 5.94. The summed E-state index contributed by atoms with van der Waals surface area (Å²) in [4.78, 5) is 22.4. The summed E-state index contributed by atoms with van der Waals surface area (Å²) in [5.41, 5.74) is 0.800. The van der Waals surface area contributed by atoms with E-state index < -0.39 is 15.4 Å². The number of aromatic nitrogens is 4. The van der Waals surface area contributed by atoms with Crippen LogP contribution in [-0.2, 0) is 14.6 Å². The maximum Gasteiger partial charge on any atom is 0.410 e. The Morgan fingerprint density at radius 2 is 1.87 bits per heavy atom. The Hall–Kier alpha value is -2.43. The molecule has 1 saturated heterocycles. The van der Waals surface area contributed by atoms with Crippen LogP contribution >= 0.6 is 0 Å². The van der Waals surface area contributed by atoms with E-state index in [4.69, 9.17) is 4.74 Å². The Balaban J connectivity index is 1.80. The molecule has 1 N–H and O–H groups in total. The van der Waals surface area contributed by atoms with Gasteiger partial charge in [0.05, 0.1) is 6.20 Å². The molecule has 0 unspecified atom stereocenters. The second kappa shape index (κ2) is 8.01. The topological polar surface area (TPSA) is 119 Å². The Morgan fingerprint density at radius 1 is 1.23 bits per heavy atom. The predicted octanol–water partition coefficient (Wildman–Crippen LogP) is 2.46. The van der Waals surface area contributed by atoms with E-state index in [0.29, 0.717) is 37.5 Å². The largest absolute Gasteiger partial charge is 0.444 e. The third-order valence-electron chi connectivity index (χ3n) is 4.81. The first kappa shape index (κ1) is 22.3. The fourth-order valence-electron chi connectivity index (χ4n) is 3.26. The van der Waals surface area contributed by atoms with Gasteiger partial charge in [0, 0.05) is 31.0 Å². The summed E-state index contributed by atoms with van der Waals surface area (Å²) in [7, 11) is -3.59. The van der Waals surface area contributed by atoms with E-state index in [2.05, 4.69) is 20.4 Å². The van der Waals surface area contributed by atoms with Crippen molar-refractivity contribution in [1.82, 2.24) is 24.5 Å². The molecule has 2 aromatic heterocycles. The van der Waals surface area contributed by atoms with Crippen LogP contribution < -0.4 is 5.32 Å². The molecule has 0 spiro atoms. The number of carbonyl (C=O) groups excluding carboxylic acids is 1. The monoisotopic (exact) mass is 438 g/mol. The van der Waals surface area contributed by atoms with E-state index in [1.54, 1.807) is 15.6 Å². The highest BCUT2D eigenvalue weighted by molar-refractivity contribution is 7.90. The van der Waals surface area contributed by atoms with Gasteiger partial charge in [-0.2, -0.15) is 19.6 Å². The van der Waals surface area contributed by atoms with Crippen LogP contribution in [0.2, 0.25) is 0 Å². The number of fused-ring (bicyclic) bond motifs is 1. The van der Waals surface area contributed by atoms with E-state index >= 15 is 0 Å². The van der Waals surface area contributed by atoms with Crippen LogP contribution in [0.3, 0.4) is 0 Å². The highest BCUT2D eigenvalue weighted by Crippen LogP contribution is 2.24. The standard InChI is InChI=1S/C19H30N6O4S/c1-12(2)14-11-20-25-15(14)22-17(30(6,27)28)23-16(25)21-13-7-9-24(10-8-13)18(26)29-19(3,4)5/h11-13H,7-10H2,1-6H3,(H,21,22,23). The lowest BCUT2D eigenvalue weighted by Gasteiger charge is -2.33. The number of nitrogens with zero attached hydrogens (tertiary/aromatic N) is 5. The predicted molar refractivity (Wildman–Crippen MR) is 112 cm³/mol. The number of amides is 1. The van der Waals surface area contributed by atoms with E-state index in [9.17, 15) is 13.2 Å². The summed E-state index contributed by atoms with van der Waals surface area (Å²) >= 11 is 0. The number of carbonyl (C=O) groups is 1. The van der Waals surface area contributed by atoms with Crippen LogP contribution in [0.1, 0.15) is 58.9 Å². The molecule has 3 heterocycles. The van der Waals surface area contributed by atoms with Crippen molar-refractivity contribution in [3.63, 3.8) is 0 Å². The molecule has 166 valence electrons. The van der Waals surface area contributed by atoms with Crippen molar-refractivity contribution in [2.45, 2.75) is 70.2 Å². The van der Waals surface area contributed by atoms with Crippen LogP contribution in [0.5, 0.6) is 0 Å². The van der Waals surface area contributed by atoms with E-state index in [1.165, 1.54) is 0 Å². The van der Waals surface area contributed by atoms with Crippen molar-refractivity contribution >= 4 is 27.5 Å². The quantitative estimate of drug-likeness (QED) is 0.773. The van der Waals surface area contributed by atoms with Crippen molar-refractivity contribution in [3.05, 3.63) is 11.8 Å². The maximum atomic E-state index is 12.3. The van der Waals surface area contributed by atoms with Crippen LogP contribution in [0.15, 0.2) is 11.4 Å². The molecule has 30 heavy (non-hydrogen) atoms. The fourth-order valence-corrected chi connectivity index (χ4v) is 3.76. The van der Waals surface area contributed by atoms with Crippen molar-refractivity contribution in [1.29, 1.82) is 0 Å². The fraction of sp³-hybridized carbons (Fsp3) is 0.684. The van der Waals surface area contributed by atoms with Crippen LogP contribution in [-0.4, -0.2) is 70.0 Å². The summed E-state index contributed by atoms with van der Waals surface area (Å²) in [5.74, 6) is 0.470. The molecule has 0 bridgehead atoms. The molecule has 0 radical (unpaired) electrons. The number of rotatable bonds is 4. The first-order chi connectivity index (χ1) is 13.8. The molecular formula is C19H30N6O4S. The summed E-state index contributed by atoms with van der Waals surface area (Å²) < 4.78 is 31.2. The van der Waals surface area contributed by atoms with Gasteiger partial charge >= 0.3 is 6.09 Å². The maximum absolute atomic E-state index is 12.3. The highest BCUT2D eigenvalue weighted by Gasteiger charge is 2.28. The third-order valence-corrected chi connectivity index (χ3v) is 5.65. The average molecular weight is 439 g/mol. The molecule has 0 atom stereocenters. The van der Waals surface area contributed by atoms with Gasteiger partial charge in [0.2, 0.25) is 15.8 Å². The molecule has 0 aliphatic carbocycles. The van der Waals surface area contributed by atoms with E-state index in [0.717, 1.165) is 11.8 Å². The van der Waals surface area contributed by atoms with E-state index in [1.807, 2.05) is 34.6 Å². The number of piperidine rings is 1. The number of likely N-dealkylation sites (tertiary alicyclic amines) is 1. The zero-order valence-corrected chi connectivity index (χ0v) is 19.2. The Morgan fingerprint density at radius 3 is 2.40 bits per heavy atom. The third kappa shape index (κ3) is 5.00. The van der Waals surface area contributed by atoms with Crippen molar-refractivity contribution in [3.8, 4) is 0 Å². The summed E-state index contributed by atoms with van der Waals surface area (Å²) in [6.45, 7) is 10.6. The van der Waals surface area contributed by atoms with Gasteiger partial charge in [0.1, 0.15) is 5.60 Å². The van der Waals surface area contributed by atoms with E-state index in [-0.39, 0.29) is 23.2 Å². The first-order valence-electron chi connectivity index (χ1n) is 10.1. The molecule has 1 amide bonds. The SMILES string of the molecule is CC(C)c1cnn2c(NC3CCN(C(=O)OC(C)(C)C)CC3)nc(S(C)(=O)=O)nc12. The molecule has 11 heteroatoms. The van der Waals surface area contributed by atoms with Crippen molar-refractivity contribution < 1.29 is 17.9 Å². The Bertz CT molecular complexity index is 1030. The lowest BCUT2D eigenvalue weighted by atomic mass is 10.1. The van der Waals surface area contributed by atoms with Gasteiger partial charge in [-0.1, -0.05) is 13.8 Å². The first-order valence-corrected chi connectivity index (χ1v) is 11.9. The van der Waals surface area contributed by atoms with Gasteiger partial charge in [-0.3, -0.25) is 0 Å². The van der Waals surface area contributed by atoms with Gasteiger partial charge in [-0.15, -0.1) is 0 Å². The summed E-state index contributed by atoms with van der Waals surface area (Å²) in [6, 6.07) is 0.0147. The minimum absolute atomic E-state index is 0.0147. The molecule has 3 rings (SSSR count). The van der Waals surface area contributed by atoms with Gasteiger partial charge in [-0.25, -0.2) is 13.2 Å². The van der Waals surface area contributed by atoms with Crippen LogP contribution in [0.25, 0.3) is 5.65 Å². The second-order valence-electron chi connectivity index (χ2n) is 8.98. The summed E-state index contributed by atoms with van der Waals surface area (Å²) in [6.07, 6.45) is 3.82. The van der Waals surface area contributed by atoms with Crippen LogP contribution in [0, 0.1) is 0 Å². The van der Waals surface area contributed by atoms with Crippen molar-refractivity contribution in [2.75, 3.05) is 24.7 Å². The average Bonchev–Trinajstić information content (AvgIpc) is 3.04. The normalized spacial score (nSPS) is 16.3. The number of hydrogen-bond donors (Lipinski definition) is 1. The number of sulfone groups is 1. The molecule has 0 aromatic carbocycles. The highest BCUT2D eigenvalue weighted by atomic mass is 32.2. The molecular weight excluding hydrogens is 408 g/mol. The molecule has 10 nitrogen and oxygen atoms in total. The van der Waals surface area contributed by atoms with Crippen LogP contribution in [0.4, 0.5) is 10.7 Å². The van der Waals surface area contributed by atoms with Gasteiger partial charge < -0.3 is 15.0 Å². The summed E-state index contributed by atoms with van der Waals surface area (Å²) in [5, 5.41) is 7.43. The lowest BCUT2D eigenvalue weighted by molar-refractivity contribution is 0.0210. The minimum Gasteiger partial charge on any atom is -0.444 e. The van der Waals surface area contributed by atoms with Gasteiger partial charge in [-0.05, 0) is 39.5 Å². The zero-order valence-electron chi connectivity index (χ0n) is 18.3. The Labute approximate surface area is 176 Å². The lowest BCUT2D eigenvalue weighted by Crippen LogP contribution is -2.44. The number of nitrogens with one attached hydrogen (secondary N) is 1. The second-order valence-corrected chi connectivity index (χ2v) is 10.9. The molecule has 0 saturated carbocycles. The van der Waals surface area contributed by atoms with Gasteiger partial charge in [0.25, 0.3) is 5.16 Å². The molecule has 1 aliphatic heterocycles. The number of ether oxygens (including phenoxy) is 1. The molecule has 1 fully saturated rings. The minimum atomic E-state index is -3.59. The number of hydrogen-bond acceptors (Lipinski definition) is 8.